The van der Waals surface area contributed by atoms with E-state index in [9.17, 15) is 4.79 Å². The molecule has 1 fully saturated rings. The quantitative estimate of drug-likeness (QED) is 0.845. The molecule has 0 atom stereocenters. The highest BCUT2D eigenvalue weighted by Gasteiger charge is 2.38. The summed E-state index contributed by atoms with van der Waals surface area (Å²) in [7, 11) is 0. The number of Topliss-reactive ketones (excluding diaryl/α,β-unsaturated/α-hetero) is 1. The lowest BCUT2D eigenvalue weighted by molar-refractivity contribution is 0.0729. The number of ketones is 1. The summed E-state index contributed by atoms with van der Waals surface area (Å²) >= 11 is 0. The van der Waals surface area contributed by atoms with Gasteiger partial charge in [0.1, 0.15) is 0 Å². The van der Waals surface area contributed by atoms with Crippen molar-refractivity contribution in [3.63, 3.8) is 0 Å². The second kappa shape index (κ2) is 5.09. The highest BCUT2D eigenvalue weighted by Crippen LogP contribution is 2.38. The predicted molar refractivity (Wildman–Crippen MR) is 77.4 cm³/mol. The van der Waals surface area contributed by atoms with Crippen molar-refractivity contribution in [3.8, 4) is 0 Å². The Balaban J connectivity index is 1.90. The van der Waals surface area contributed by atoms with Crippen molar-refractivity contribution in [2.24, 2.45) is 11.1 Å². The maximum absolute atomic E-state index is 12.9. The number of carbonyl (C=O) groups is 1. The van der Waals surface area contributed by atoms with Gasteiger partial charge < -0.3 is 5.73 Å². The van der Waals surface area contributed by atoms with E-state index >= 15 is 0 Å². The van der Waals surface area contributed by atoms with Crippen molar-refractivity contribution < 1.29 is 4.79 Å². The molecule has 0 radical (unpaired) electrons. The van der Waals surface area contributed by atoms with Crippen molar-refractivity contribution >= 4 is 5.78 Å². The fraction of sp³-hybridized carbons (Fsp3) is 0.588. The molecule has 2 nitrogen and oxygen atoms in total. The molecule has 2 heteroatoms. The first-order valence-corrected chi connectivity index (χ1v) is 7.62. The van der Waals surface area contributed by atoms with Crippen molar-refractivity contribution in [1.82, 2.24) is 0 Å². The molecular weight excluding hydrogens is 234 g/mol. The topological polar surface area (TPSA) is 43.1 Å². The Morgan fingerprint density at radius 2 is 1.79 bits per heavy atom. The lowest BCUT2D eigenvalue weighted by Gasteiger charge is -2.34. The van der Waals surface area contributed by atoms with Gasteiger partial charge in [-0.25, -0.2) is 0 Å². The molecule has 102 valence electrons. The largest absolute Gasteiger partial charge is 0.329 e. The minimum atomic E-state index is -0.273. The van der Waals surface area contributed by atoms with Gasteiger partial charge in [0.05, 0.1) is 0 Å². The first-order valence-electron chi connectivity index (χ1n) is 7.62. The SMILES string of the molecule is NCC1(C(=O)c2ccc3c(c2)CCC3)CCCCC1. The number of nitrogens with two attached hydrogens (primary N) is 1. The summed E-state index contributed by atoms with van der Waals surface area (Å²) in [5.74, 6) is 0.296. The summed E-state index contributed by atoms with van der Waals surface area (Å²) in [6, 6.07) is 6.32. The number of aryl methyl sites for hydroxylation is 2. The van der Waals surface area contributed by atoms with Gasteiger partial charge in [-0.3, -0.25) is 4.79 Å². The first kappa shape index (κ1) is 12.9. The van der Waals surface area contributed by atoms with E-state index in [1.54, 1.807) is 0 Å². The van der Waals surface area contributed by atoms with Crippen LogP contribution in [0.5, 0.6) is 0 Å². The number of rotatable bonds is 3. The monoisotopic (exact) mass is 257 g/mol. The average Bonchev–Trinajstić information content (AvgIpc) is 2.94. The van der Waals surface area contributed by atoms with E-state index in [-0.39, 0.29) is 5.41 Å². The summed E-state index contributed by atoms with van der Waals surface area (Å²) in [5.41, 5.74) is 9.41. The standard InChI is InChI=1S/C17H23NO/c18-12-17(9-2-1-3-10-17)16(19)15-8-7-13-5-4-6-14(13)11-15/h7-8,11H,1-6,9-10,12,18H2. The maximum atomic E-state index is 12.9. The third-order valence-corrected chi connectivity index (χ3v) is 5.04. The zero-order valence-electron chi connectivity index (χ0n) is 11.6. The summed E-state index contributed by atoms with van der Waals surface area (Å²) in [6.07, 6.45) is 9.02. The van der Waals surface area contributed by atoms with Gasteiger partial charge >= 0.3 is 0 Å². The van der Waals surface area contributed by atoms with Crippen LogP contribution in [0.25, 0.3) is 0 Å². The van der Waals surface area contributed by atoms with Crippen LogP contribution in [0.3, 0.4) is 0 Å². The zero-order valence-corrected chi connectivity index (χ0v) is 11.6. The van der Waals surface area contributed by atoms with Gasteiger partial charge in [-0.15, -0.1) is 0 Å². The summed E-state index contributed by atoms with van der Waals surface area (Å²) in [4.78, 5) is 12.9. The molecule has 3 rings (SSSR count). The summed E-state index contributed by atoms with van der Waals surface area (Å²) in [5, 5.41) is 0. The normalized spacial score (nSPS) is 21.1. The van der Waals surface area contributed by atoms with Crippen LogP contribution in [-0.2, 0) is 12.8 Å². The van der Waals surface area contributed by atoms with Gasteiger partial charge in [0, 0.05) is 17.5 Å². The Morgan fingerprint density at radius 3 is 2.53 bits per heavy atom. The van der Waals surface area contributed by atoms with Crippen LogP contribution < -0.4 is 5.73 Å². The van der Waals surface area contributed by atoms with Crippen molar-refractivity contribution in [2.75, 3.05) is 6.54 Å². The molecular formula is C17H23NO. The molecule has 0 bridgehead atoms. The minimum absolute atomic E-state index is 0.273. The van der Waals surface area contributed by atoms with E-state index in [2.05, 4.69) is 12.1 Å². The van der Waals surface area contributed by atoms with Crippen molar-refractivity contribution in [1.29, 1.82) is 0 Å². The molecule has 2 aliphatic carbocycles. The van der Waals surface area contributed by atoms with E-state index in [4.69, 9.17) is 5.73 Å². The predicted octanol–water partition coefficient (Wildman–Crippen LogP) is 3.27. The lowest BCUT2D eigenvalue weighted by Crippen LogP contribution is -2.40. The minimum Gasteiger partial charge on any atom is -0.329 e. The molecule has 1 aromatic rings. The van der Waals surface area contributed by atoms with Crippen molar-refractivity contribution in [2.45, 2.75) is 51.4 Å². The molecule has 0 amide bonds. The Labute approximate surface area is 115 Å². The third kappa shape index (κ3) is 2.23. The Bertz CT molecular complexity index is 486. The second-order valence-corrected chi connectivity index (χ2v) is 6.21. The van der Waals surface area contributed by atoms with Crippen molar-refractivity contribution in [3.05, 3.63) is 34.9 Å². The number of fused-ring (bicyclic) bond motifs is 1. The molecule has 2 N–H and O–H groups in total. The maximum Gasteiger partial charge on any atom is 0.170 e. The van der Waals surface area contributed by atoms with E-state index in [1.165, 1.54) is 30.4 Å². The van der Waals surface area contributed by atoms with Crippen LogP contribution in [0.15, 0.2) is 18.2 Å². The first-order chi connectivity index (χ1) is 9.25. The number of carbonyl (C=O) groups excluding carboxylic acids is 1. The number of hydrogen-bond acceptors (Lipinski definition) is 2. The summed E-state index contributed by atoms with van der Waals surface area (Å²) < 4.78 is 0. The number of benzene rings is 1. The van der Waals surface area contributed by atoms with Gasteiger partial charge in [-0.05, 0) is 49.3 Å². The highest BCUT2D eigenvalue weighted by atomic mass is 16.1. The molecule has 0 spiro atoms. The fourth-order valence-electron chi connectivity index (χ4n) is 3.77. The molecule has 0 aromatic heterocycles. The molecule has 1 aromatic carbocycles. The lowest BCUT2D eigenvalue weighted by atomic mass is 9.69. The molecule has 0 heterocycles. The highest BCUT2D eigenvalue weighted by molar-refractivity contribution is 6.01. The van der Waals surface area contributed by atoms with Crippen LogP contribution in [0.4, 0.5) is 0 Å². The van der Waals surface area contributed by atoms with Gasteiger partial charge in [0.25, 0.3) is 0 Å². The molecule has 19 heavy (non-hydrogen) atoms. The van der Waals surface area contributed by atoms with E-state index in [0.29, 0.717) is 12.3 Å². The van der Waals surface area contributed by atoms with Crippen LogP contribution >= 0.6 is 0 Å². The fourth-order valence-corrected chi connectivity index (χ4v) is 3.77. The van der Waals surface area contributed by atoms with Crippen LogP contribution in [-0.4, -0.2) is 12.3 Å². The van der Waals surface area contributed by atoms with E-state index in [1.807, 2.05) is 6.07 Å². The van der Waals surface area contributed by atoms with Crippen LogP contribution in [0, 0.1) is 5.41 Å². The Kier molecular flexibility index (Phi) is 3.44. The average molecular weight is 257 g/mol. The third-order valence-electron chi connectivity index (χ3n) is 5.04. The smallest absolute Gasteiger partial charge is 0.170 e. The second-order valence-electron chi connectivity index (χ2n) is 6.21. The molecule has 0 aliphatic heterocycles. The van der Waals surface area contributed by atoms with E-state index < -0.39 is 0 Å². The van der Waals surface area contributed by atoms with Crippen LogP contribution in [0.2, 0.25) is 0 Å². The van der Waals surface area contributed by atoms with Gasteiger partial charge in [-0.1, -0.05) is 31.4 Å². The summed E-state index contributed by atoms with van der Waals surface area (Å²) in [6.45, 7) is 0.503. The van der Waals surface area contributed by atoms with Gasteiger partial charge in [0.15, 0.2) is 5.78 Å². The van der Waals surface area contributed by atoms with Gasteiger partial charge in [0.2, 0.25) is 0 Å². The van der Waals surface area contributed by atoms with Gasteiger partial charge in [-0.2, -0.15) is 0 Å². The Hall–Kier alpha value is -1.15. The van der Waals surface area contributed by atoms with Crippen LogP contribution in [0.1, 0.15) is 60.0 Å². The number of hydrogen-bond donors (Lipinski definition) is 1. The Morgan fingerprint density at radius 1 is 1.05 bits per heavy atom. The molecule has 0 unspecified atom stereocenters. The molecule has 0 saturated heterocycles. The molecule has 1 saturated carbocycles. The van der Waals surface area contributed by atoms with E-state index in [0.717, 1.165) is 37.7 Å². The molecule has 2 aliphatic rings. The zero-order chi connectivity index (χ0) is 13.3.